The van der Waals surface area contributed by atoms with Gasteiger partial charge < -0.3 is 10.0 Å². The van der Waals surface area contributed by atoms with Crippen LogP contribution < -0.4 is 4.90 Å². The van der Waals surface area contributed by atoms with Gasteiger partial charge in [-0.1, -0.05) is 62.4 Å². The van der Waals surface area contributed by atoms with E-state index >= 15 is 0 Å². The van der Waals surface area contributed by atoms with Gasteiger partial charge in [0.15, 0.2) is 5.71 Å². The van der Waals surface area contributed by atoms with Gasteiger partial charge in [-0.05, 0) is 63.8 Å². The van der Waals surface area contributed by atoms with Crippen molar-refractivity contribution < 1.29 is 9.68 Å². The summed E-state index contributed by atoms with van der Waals surface area (Å²) in [6, 6.07) is 17.5. The van der Waals surface area contributed by atoms with Gasteiger partial charge in [-0.2, -0.15) is 4.58 Å². The third-order valence-corrected chi connectivity index (χ3v) is 7.77. The van der Waals surface area contributed by atoms with Crippen LogP contribution in [0.5, 0.6) is 0 Å². The third-order valence-electron chi connectivity index (χ3n) is 7.77. The first-order chi connectivity index (χ1) is 16.8. The molecule has 2 heterocycles. The minimum absolute atomic E-state index is 0.0439. The van der Waals surface area contributed by atoms with Crippen LogP contribution in [0.15, 0.2) is 84.1 Å². The molecule has 0 fully saturated rings. The van der Waals surface area contributed by atoms with Crippen molar-refractivity contribution in [1.82, 2.24) is 0 Å². The van der Waals surface area contributed by atoms with E-state index in [9.17, 15) is 5.11 Å². The number of allylic oxidation sites excluding steroid dienone is 6. The molecule has 0 unspecified atom stereocenters. The van der Waals surface area contributed by atoms with Crippen molar-refractivity contribution in [3.8, 4) is 0 Å². The number of benzene rings is 2. The molecule has 0 spiro atoms. The van der Waals surface area contributed by atoms with E-state index in [1.807, 2.05) is 0 Å². The van der Waals surface area contributed by atoms with Crippen LogP contribution >= 0.6 is 0 Å². The van der Waals surface area contributed by atoms with Crippen molar-refractivity contribution >= 4 is 17.1 Å². The summed E-state index contributed by atoms with van der Waals surface area (Å²) in [5.41, 5.74) is 9.19. The third kappa shape index (κ3) is 4.43. The molecule has 0 saturated heterocycles. The summed E-state index contributed by atoms with van der Waals surface area (Å²) in [6.45, 7) is 15.8. The van der Waals surface area contributed by atoms with Crippen molar-refractivity contribution in [1.29, 1.82) is 0 Å². The number of likely N-dealkylation sites (N-methyl/N-ethyl adjacent to an activating group) is 1. The molecule has 1 N–H and O–H groups in total. The molecule has 0 amide bonds. The zero-order valence-corrected chi connectivity index (χ0v) is 22.3. The number of rotatable bonds is 8. The molecule has 3 nitrogen and oxygen atoms in total. The smallest absolute Gasteiger partial charge is 0.209 e. The molecule has 4 rings (SSSR count). The molecular formula is C32H41N2O+. The predicted molar refractivity (Wildman–Crippen MR) is 149 cm³/mol. The normalized spacial score (nSPS) is 19.7. The molecule has 2 aromatic carbocycles. The number of aliphatic hydroxyl groups excluding tert-OH is 1. The summed E-state index contributed by atoms with van der Waals surface area (Å²) in [4.78, 5) is 2.43. The first-order valence-corrected chi connectivity index (χ1v) is 13.1. The average molecular weight is 470 g/mol. The van der Waals surface area contributed by atoms with E-state index < -0.39 is 0 Å². The minimum atomic E-state index is -0.0439. The lowest BCUT2D eigenvalue weighted by atomic mass is 9.81. The number of hydrogen-bond acceptors (Lipinski definition) is 2. The van der Waals surface area contributed by atoms with Crippen molar-refractivity contribution in [3.63, 3.8) is 0 Å². The highest BCUT2D eigenvalue weighted by Gasteiger charge is 2.43. The van der Waals surface area contributed by atoms with Crippen LogP contribution in [0.2, 0.25) is 0 Å². The predicted octanol–water partition coefficient (Wildman–Crippen LogP) is 7.04. The fourth-order valence-electron chi connectivity index (χ4n) is 5.84. The molecule has 0 saturated carbocycles. The maximum absolute atomic E-state index is 9.55. The summed E-state index contributed by atoms with van der Waals surface area (Å²) in [7, 11) is 0. The van der Waals surface area contributed by atoms with Gasteiger partial charge in [0.2, 0.25) is 5.69 Å². The van der Waals surface area contributed by atoms with Crippen LogP contribution in [-0.2, 0) is 10.8 Å². The van der Waals surface area contributed by atoms with Crippen LogP contribution in [0.4, 0.5) is 11.4 Å². The SMILES string of the molecule is CCN1/C(=C/C=C(/C=C/C2=[N+](CC)c3ccccc3C2(C)C)CCCO)C(C)(C)c2ccccc21. The molecule has 0 bridgehead atoms. The largest absolute Gasteiger partial charge is 0.396 e. The molecule has 3 heteroatoms. The van der Waals surface area contributed by atoms with Crippen LogP contribution in [0.1, 0.15) is 65.5 Å². The summed E-state index contributed by atoms with van der Waals surface area (Å²) >= 11 is 0. The van der Waals surface area contributed by atoms with Gasteiger partial charge in [-0.15, -0.1) is 0 Å². The topological polar surface area (TPSA) is 26.5 Å². The molecule has 2 aliphatic heterocycles. The number of aliphatic hydroxyl groups is 1. The highest BCUT2D eigenvalue weighted by atomic mass is 16.2. The first kappa shape index (κ1) is 25.2. The Morgan fingerprint density at radius 3 is 2.31 bits per heavy atom. The summed E-state index contributed by atoms with van der Waals surface area (Å²) in [5, 5.41) is 9.55. The Bertz CT molecular complexity index is 1210. The maximum atomic E-state index is 9.55. The van der Waals surface area contributed by atoms with Crippen molar-refractivity contribution in [3.05, 3.63) is 95.2 Å². The van der Waals surface area contributed by atoms with E-state index in [2.05, 4.69) is 124 Å². The Morgan fingerprint density at radius 2 is 1.63 bits per heavy atom. The van der Waals surface area contributed by atoms with Gasteiger partial charge in [0.05, 0.1) is 5.41 Å². The Hall–Kier alpha value is -2.91. The Balaban J connectivity index is 1.72. The van der Waals surface area contributed by atoms with Gasteiger partial charge in [-0.25, -0.2) is 0 Å². The van der Waals surface area contributed by atoms with E-state index in [4.69, 9.17) is 0 Å². The van der Waals surface area contributed by atoms with Crippen LogP contribution in [-0.4, -0.2) is 35.1 Å². The van der Waals surface area contributed by atoms with Gasteiger partial charge >= 0.3 is 0 Å². The lowest BCUT2D eigenvalue weighted by molar-refractivity contribution is -0.433. The maximum Gasteiger partial charge on any atom is 0.209 e. The fourth-order valence-corrected chi connectivity index (χ4v) is 5.84. The lowest BCUT2D eigenvalue weighted by Gasteiger charge is -2.26. The number of fused-ring (bicyclic) bond motifs is 2. The first-order valence-electron chi connectivity index (χ1n) is 13.1. The van der Waals surface area contributed by atoms with E-state index in [0.717, 1.165) is 25.9 Å². The summed E-state index contributed by atoms with van der Waals surface area (Å²) in [6.07, 6.45) is 10.8. The molecule has 0 radical (unpaired) electrons. The highest BCUT2D eigenvalue weighted by Crippen LogP contribution is 2.47. The van der Waals surface area contributed by atoms with Gasteiger partial charge in [-0.3, -0.25) is 0 Å². The second-order valence-electron chi connectivity index (χ2n) is 10.6. The molecule has 184 valence electrons. The van der Waals surface area contributed by atoms with Crippen LogP contribution in [0.3, 0.4) is 0 Å². The zero-order valence-electron chi connectivity index (χ0n) is 22.3. The second kappa shape index (κ2) is 9.99. The van der Waals surface area contributed by atoms with Crippen molar-refractivity contribution in [2.45, 2.75) is 65.2 Å². The lowest BCUT2D eigenvalue weighted by Crippen LogP contribution is -2.27. The summed E-state index contributed by atoms with van der Waals surface area (Å²) < 4.78 is 2.43. The van der Waals surface area contributed by atoms with E-state index in [1.165, 1.54) is 39.5 Å². The fraction of sp³-hybridized carbons (Fsp3) is 0.406. The minimum Gasteiger partial charge on any atom is -0.396 e. The Kier molecular flexibility index (Phi) is 7.19. The monoisotopic (exact) mass is 469 g/mol. The number of hydrogen-bond donors (Lipinski definition) is 1. The number of nitrogens with zero attached hydrogens (tertiary/aromatic N) is 2. The molecule has 0 atom stereocenters. The Morgan fingerprint density at radius 1 is 0.943 bits per heavy atom. The van der Waals surface area contributed by atoms with Crippen molar-refractivity contribution in [2.24, 2.45) is 0 Å². The summed E-state index contributed by atoms with van der Waals surface area (Å²) in [5.74, 6) is 0. The van der Waals surface area contributed by atoms with E-state index in [-0.39, 0.29) is 17.4 Å². The van der Waals surface area contributed by atoms with Gasteiger partial charge in [0, 0.05) is 47.7 Å². The molecule has 2 aliphatic rings. The van der Waals surface area contributed by atoms with E-state index in [0.29, 0.717) is 0 Å². The quantitative estimate of drug-likeness (QED) is 0.331. The molecular weight excluding hydrogens is 428 g/mol. The molecule has 0 aliphatic carbocycles. The van der Waals surface area contributed by atoms with Gasteiger partial charge in [0.25, 0.3) is 0 Å². The van der Waals surface area contributed by atoms with E-state index in [1.54, 1.807) is 0 Å². The van der Waals surface area contributed by atoms with Gasteiger partial charge in [0.1, 0.15) is 6.54 Å². The molecule has 35 heavy (non-hydrogen) atoms. The van der Waals surface area contributed by atoms with Crippen molar-refractivity contribution in [2.75, 3.05) is 24.6 Å². The van der Waals surface area contributed by atoms with Crippen LogP contribution in [0.25, 0.3) is 0 Å². The highest BCUT2D eigenvalue weighted by molar-refractivity contribution is 6.03. The zero-order chi connectivity index (χ0) is 25.2. The standard InChI is InChI=1S/C32H41N2O/c1-7-33-27-17-11-9-15-25(27)31(3,4)29(33)21-19-24(14-13-23-35)20-22-30-32(5,6)26-16-10-12-18-28(26)34(30)8-2/h9-12,15-22,35H,7-8,13-14,23H2,1-6H3/q+1. The van der Waals surface area contributed by atoms with Crippen LogP contribution in [0, 0.1) is 0 Å². The Labute approximate surface area is 211 Å². The molecule has 0 aromatic heterocycles. The second-order valence-corrected chi connectivity index (χ2v) is 10.6. The number of para-hydroxylation sites is 2. The molecule has 2 aromatic rings. The number of anilines is 1. The average Bonchev–Trinajstić information content (AvgIpc) is 3.21.